The Kier molecular flexibility index (Phi) is 7.16. The summed E-state index contributed by atoms with van der Waals surface area (Å²) in [6.45, 7) is 7.36. The number of likely N-dealkylation sites (tertiary alicyclic amines) is 1. The molecule has 1 saturated heterocycles. The van der Waals surface area contributed by atoms with Gasteiger partial charge in [-0.15, -0.1) is 0 Å². The Balaban J connectivity index is 1.99. The number of methoxy groups -OCH3 is 1. The Morgan fingerprint density at radius 2 is 1.96 bits per heavy atom. The summed E-state index contributed by atoms with van der Waals surface area (Å²) in [6, 6.07) is 0. The van der Waals surface area contributed by atoms with Crippen LogP contribution < -0.4 is 5.73 Å². The molecule has 0 radical (unpaired) electrons. The van der Waals surface area contributed by atoms with Crippen molar-refractivity contribution in [3.8, 4) is 0 Å². The van der Waals surface area contributed by atoms with Crippen molar-refractivity contribution in [3.63, 3.8) is 0 Å². The number of nitrogens with zero attached hydrogens (tertiary/aromatic N) is 4. The van der Waals surface area contributed by atoms with Crippen LogP contribution in [-0.2, 0) is 27.9 Å². The third-order valence-corrected chi connectivity index (χ3v) is 5.27. The molecule has 0 aliphatic carbocycles. The topological polar surface area (TPSA) is 93.7 Å². The molecular weight excluding hydrogens is 334 g/mol. The van der Waals surface area contributed by atoms with E-state index in [1.54, 1.807) is 7.11 Å². The second-order valence-electron chi connectivity index (χ2n) is 7.03. The average molecular weight is 365 g/mol. The number of carbonyl (C=O) groups excluding carboxylic acids is 2. The Bertz CT molecular complexity index is 635. The Morgan fingerprint density at radius 1 is 1.31 bits per heavy atom. The highest BCUT2D eigenvalue weighted by Gasteiger charge is 2.26. The summed E-state index contributed by atoms with van der Waals surface area (Å²) in [4.78, 5) is 28.1. The molecule has 8 nitrogen and oxygen atoms in total. The highest BCUT2D eigenvalue weighted by atomic mass is 16.5. The number of hydrogen-bond acceptors (Lipinski definition) is 5. The van der Waals surface area contributed by atoms with Gasteiger partial charge in [-0.3, -0.25) is 19.2 Å². The number of nitrogens with two attached hydrogens (primary N) is 1. The molecule has 0 unspecified atom stereocenters. The number of piperidine rings is 1. The zero-order chi connectivity index (χ0) is 19.3. The van der Waals surface area contributed by atoms with Gasteiger partial charge in [0.05, 0.1) is 18.8 Å². The smallest absolute Gasteiger partial charge is 0.237 e. The number of aromatic nitrogens is 2. The highest BCUT2D eigenvalue weighted by Crippen LogP contribution is 2.18. The summed E-state index contributed by atoms with van der Waals surface area (Å²) in [6.07, 6.45) is 1.45. The monoisotopic (exact) mass is 365 g/mol. The van der Waals surface area contributed by atoms with Crippen molar-refractivity contribution in [3.05, 3.63) is 17.0 Å². The number of carbonyl (C=O) groups is 2. The fourth-order valence-corrected chi connectivity index (χ4v) is 3.40. The molecule has 146 valence electrons. The van der Waals surface area contributed by atoms with Crippen molar-refractivity contribution in [1.82, 2.24) is 19.6 Å². The molecule has 2 heterocycles. The SMILES string of the molecule is COCCN(Cc1c(C)nn(C)c1C)C(=O)CN1CCC(C(N)=O)CC1. The van der Waals surface area contributed by atoms with Gasteiger partial charge in [-0.1, -0.05) is 0 Å². The summed E-state index contributed by atoms with van der Waals surface area (Å²) in [7, 11) is 3.55. The van der Waals surface area contributed by atoms with Crippen LogP contribution >= 0.6 is 0 Å². The van der Waals surface area contributed by atoms with Gasteiger partial charge >= 0.3 is 0 Å². The fourth-order valence-electron chi connectivity index (χ4n) is 3.40. The average Bonchev–Trinajstić information content (AvgIpc) is 2.84. The normalized spacial score (nSPS) is 16.0. The predicted molar refractivity (Wildman–Crippen MR) is 98.3 cm³/mol. The summed E-state index contributed by atoms with van der Waals surface area (Å²) in [5, 5.41) is 4.44. The first-order valence-corrected chi connectivity index (χ1v) is 9.11. The quantitative estimate of drug-likeness (QED) is 0.711. The van der Waals surface area contributed by atoms with Gasteiger partial charge in [-0.25, -0.2) is 0 Å². The first-order chi connectivity index (χ1) is 12.3. The molecule has 1 aromatic heterocycles. The molecule has 0 aromatic carbocycles. The molecule has 26 heavy (non-hydrogen) atoms. The lowest BCUT2D eigenvalue weighted by atomic mass is 9.96. The number of primary amides is 1. The van der Waals surface area contributed by atoms with Crippen molar-refractivity contribution in [2.75, 3.05) is 39.9 Å². The van der Waals surface area contributed by atoms with E-state index in [0.717, 1.165) is 42.9 Å². The van der Waals surface area contributed by atoms with Gasteiger partial charge in [0.1, 0.15) is 0 Å². The molecule has 1 aliphatic rings. The van der Waals surface area contributed by atoms with E-state index in [9.17, 15) is 9.59 Å². The van der Waals surface area contributed by atoms with E-state index in [-0.39, 0.29) is 17.7 Å². The summed E-state index contributed by atoms with van der Waals surface area (Å²) in [5.74, 6) is -0.228. The molecule has 1 aliphatic heterocycles. The van der Waals surface area contributed by atoms with Crippen LogP contribution in [0.4, 0.5) is 0 Å². The molecule has 2 N–H and O–H groups in total. The molecule has 2 rings (SSSR count). The van der Waals surface area contributed by atoms with E-state index >= 15 is 0 Å². The summed E-state index contributed by atoms with van der Waals surface area (Å²) in [5.41, 5.74) is 8.48. The van der Waals surface area contributed by atoms with E-state index in [1.165, 1.54) is 0 Å². The van der Waals surface area contributed by atoms with E-state index in [2.05, 4.69) is 10.00 Å². The first-order valence-electron chi connectivity index (χ1n) is 9.11. The largest absolute Gasteiger partial charge is 0.383 e. The molecule has 0 bridgehead atoms. The minimum Gasteiger partial charge on any atom is -0.383 e. The molecule has 0 atom stereocenters. The number of hydrogen-bond donors (Lipinski definition) is 1. The van der Waals surface area contributed by atoms with E-state index in [0.29, 0.717) is 26.2 Å². The van der Waals surface area contributed by atoms with Gasteiger partial charge in [0.25, 0.3) is 0 Å². The minimum absolute atomic E-state index is 0.0633. The van der Waals surface area contributed by atoms with Crippen LogP contribution in [0.1, 0.15) is 29.8 Å². The number of aryl methyl sites for hydroxylation is 2. The second kappa shape index (κ2) is 9.14. The summed E-state index contributed by atoms with van der Waals surface area (Å²) >= 11 is 0. The lowest BCUT2D eigenvalue weighted by molar-refractivity contribution is -0.134. The lowest BCUT2D eigenvalue weighted by Crippen LogP contribution is -2.45. The maximum atomic E-state index is 12.9. The molecule has 8 heteroatoms. The summed E-state index contributed by atoms with van der Waals surface area (Å²) < 4.78 is 7.02. The predicted octanol–water partition coefficient (Wildman–Crippen LogP) is 0.209. The third kappa shape index (κ3) is 5.04. The molecular formula is C18H31N5O3. The van der Waals surface area contributed by atoms with Crippen LogP contribution in [0.3, 0.4) is 0 Å². The third-order valence-electron chi connectivity index (χ3n) is 5.27. The van der Waals surface area contributed by atoms with Crippen LogP contribution in [-0.4, -0.2) is 71.3 Å². The van der Waals surface area contributed by atoms with Crippen molar-refractivity contribution in [1.29, 1.82) is 0 Å². The van der Waals surface area contributed by atoms with Crippen LogP contribution in [0.2, 0.25) is 0 Å². The zero-order valence-electron chi connectivity index (χ0n) is 16.3. The highest BCUT2D eigenvalue weighted by molar-refractivity contribution is 5.79. The maximum absolute atomic E-state index is 12.9. The minimum atomic E-state index is -0.236. The van der Waals surface area contributed by atoms with Crippen LogP contribution in [0.25, 0.3) is 0 Å². The van der Waals surface area contributed by atoms with Gasteiger partial charge in [0, 0.05) is 44.4 Å². The molecule has 2 amide bonds. The maximum Gasteiger partial charge on any atom is 0.237 e. The van der Waals surface area contributed by atoms with Gasteiger partial charge in [0.15, 0.2) is 0 Å². The van der Waals surface area contributed by atoms with E-state index < -0.39 is 0 Å². The van der Waals surface area contributed by atoms with Crippen molar-refractivity contribution in [2.45, 2.75) is 33.2 Å². The van der Waals surface area contributed by atoms with Gasteiger partial charge in [-0.05, 0) is 39.8 Å². The Labute approximate surface area is 155 Å². The van der Waals surface area contributed by atoms with Gasteiger partial charge in [0.2, 0.25) is 11.8 Å². The first kappa shape index (κ1) is 20.4. The van der Waals surface area contributed by atoms with Crippen molar-refractivity contribution in [2.24, 2.45) is 18.7 Å². The van der Waals surface area contributed by atoms with E-state index in [1.807, 2.05) is 30.5 Å². The van der Waals surface area contributed by atoms with Gasteiger partial charge in [-0.2, -0.15) is 5.10 Å². The van der Waals surface area contributed by atoms with Crippen LogP contribution in [0.5, 0.6) is 0 Å². The second-order valence-corrected chi connectivity index (χ2v) is 7.03. The van der Waals surface area contributed by atoms with Crippen molar-refractivity contribution < 1.29 is 14.3 Å². The Hall–Kier alpha value is -1.93. The van der Waals surface area contributed by atoms with E-state index in [4.69, 9.17) is 10.5 Å². The number of amides is 2. The number of ether oxygens (including phenoxy) is 1. The molecule has 1 fully saturated rings. The standard InChI is InChI=1S/C18H31N5O3/c1-13-16(14(2)21(3)20-13)11-23(9-10-26-4)17(24)12-22-7-5-15(6-8-22)18(19)25/h15H,5-12H2,1-4H3,(H2,19,25). The molecule has 1 aromatic rings. The molecule has 0 spiro atoms. The Morgan fingerprint density at radius 3 is 2.46 bits per heavy atom. The molecule has 0 saturated carbocycles. The lowest BCUT2D eigenvalue weighted by Gasteiger charge is -2.32. The fraction of sp³-hybridized carbons (Fsp3) is 0.722. The van der Waals surface area contributed by atoms with Crippen LogP contribution in [0.15, 0.2) is 0 Å². The zero-order valence-corrected chi connectivity index (χ0v) is 16.3. The van der Waals surface area contributed by atoms with Gasteiger partial charge < -0.3 is 15.4 Å². The van der Waals surface area contributed by atoms with Crippen molar-refractivity contribution >= 4 is 11.8 Å². The number of rotatable bonds is 8. The van der Waals surface area contributed by atoms with Crippen LogP contribution in [0, 0.1) is 19.8 Å².